The van der Waals surface area contributed by atoms with Gasteiger partial charge in [-0.25, -0.2) is 24.4 Å². The zero-order chi connectivity index (χ0) is 49.5. The summed E-state index contributed by atoms with van der Waals surface area (Å²) >= 11 is 0. The summed E-state index contributed by atoms with van der Waals surface area (Å²) in [4.78, 5) is 27.3. The highest BCUT2D eigenvalue weighted by Gasteiger charge is 2.45. The fourth-order valence-corrected chi connectivity index (χ4v) is 11.5. The smallest absolute Gasteiger partial charge is 0.412 e. The maximum Gasteiger partial charge on any atom is 0.412 e. The lowest BCUT2D eigenvalue weighted by Crippen LogP contribution is -2.39. The van der Waals surface area contributed by atoms with Gasteiger partial charge in [0.1, 0.15) is 42.4 Å². The minimum Gasteiger partial charge on any atom is -0.497 e. The summed E-state index contributed by atoms with van der Waals surface area (Å²) < 4.78 is 49.1. The summed E-state index contributed by atoms with van der Waals surface area (Å²) in [6.07, 6.45) is 1.03. The van der Waals surface area contributed by atoms with Gasteiger partial charge in [0.05, 0.1) is 52.4 Å². The average Bonchev–Trinajstić information content (AvgIpc) is 4.10. The van der Waals surface area contributed by atoms with E-state index in [1.165, 1.54) is 6.33 Å². The number of rotatable bonds is 20. The third-order valence-electron chi connectivity index (χ3n) is 12.9. The van der Waals surface area contributed by atoms with Crippen molar-refractivity contribution in [2.45, 2.75) is 82.6 Å². The van der Waals surface area contributed by atoms with E-state index in [1.54, 1.807) is 20.5 Å². The van der Waals surface area contributed by atoms with Crippen molar-refractivity contribution < 1.29 is 37.5 Å². The van der Waals surface area contributed by atoms with Crippen LogP contribution >= 0.6 is 8.53 Å². The molecule has 0 radical (unpaired) electrons. The van der Waals surface area contributed by atoms with Crippen LogP contribution in [-0.4, -0.2) is 88.6 Å². The van der Waals surface area contributed by atoms with Gasteiger partial charge in [0.15, 0.2) is 17.0 Å². The number of imidazole rings is 1. The number of nitrogens with one attached hydrogen (secondary N) is 1. The molecule has 0 saturated carbocycles. The molecule has 1 amide bonds. The molecule has 2 aromatic heterocycles. The van der Waals surface area contributed by atoms with E-state index in [1.807, 2.05) is 95.6 Å². The number of anilines is 1. The number of hydrogen-bond acceptors (Lipinski definition) is 13. The summed E-state index contributed by atoms with van der Waals surface area (Å²) in [6, 6.07) is 44.5. The monoisotopic (exact) mass is 975 g/mol. The number of nitriles is 1. The molecule has 1 saturated heterocycles. The predicted octanol–water partition coefficient (Wildman–Crippen LogP) is 11.2. The number of amides is 1. The van der Waals surface area contributed by atoms with Crippen LogP contribution in [0.4, 0.5) is 10.6 Å². The van der Waals surface area contributed by atoms with Crippen molar-refractivity contribution in [2.75, 3.05) is 39.4 Å². The van der Waals surface area contributed by atoms with Crippen LogP contribution in [0.25, 0.3) is 22.3 Å². The predicted molar refractivity (Wildman–Crippen MR) is 271 cm³/mol. The van der Waals surface area contributed by atoms with Crippen molar-refractivity contribution in [2.24, 2.45) is 0 Å². The first kappa shape index (κ1) is 49.2. The summed E-state index contributed by atoms with van der Waals surface area (Å²) in [5, 5.41) is 12.3. The van der Waals surface area contributed by atoms with Crippen molar-refractivity contribution in [3.8, 4) is 28.7 Å². The van der Waals surface area contributed by atoms with E-state index < -0.39 is 38.7 Å². The van der Waals surface area contributed by atoms with E-state index in [4.69, 9.17) is 37.7 Å². The molecule has 71 heavy (non-hydrogen) atoms. The first-order valence-electron chi connectivity index (χ1n) is 23.8. The summed E-state index contributed by atoms with van der Waals surface area (Å²) in [6.45, 7) is 8.81. The molecule has 9 rings (SSSR count). The first-order valence-corrected chi connectivity index (χ1v) is 24.9. The Morgan fingerprint density at radius 2 is 1.39 bits per heavy atom. The molecule has 5 aromatic carbocycles. The van der Waals surface area contributed by atoms with Crippen molar-refractivity contribution in [1.82, 2.24) is 24.2 Å². The number of carbonyl (C=O) groups excluding carboxylic acids is 1. The van der Waals surface area contributed by atoms with E-state index in [-0.39, 0.29) is 50.1 Å². The van der Waals surface area contributed by atoms with Gasteiger partial charge in [0, 0.05) is 24.4 Å². The quantitative estimate of drug-likeness (QED) is 0.0436. The first-order chi connectivity index (χ1) is 34.6. The lowest BCUT2D eigenvalue weighted by Gasteiger charge is -2.39. The number of fused-ring (bicyclic) bond motifs is 4. The molecule has 1 aliphatic heterocycles. The van der Waals surface area contributed by atoms with E-state index in [0.717, 1.165) is 38.9 Å². The number of nitrogens with zero attached hydrogens (tertiary/aromatic N) is 6. The Kier molecular flexibility index (Phi) is 15.3. The van der Waals surface area contributed by atoms with Crippen LogP contribution < -0.4 is 14.8 Å². The molecule has 366 valence electrons. The highest BCUT2D eigenvalue weighted by atomic mass is 31.2. The molecule has 1 aliphatic carbocycles. The number of ether oxygens (including phenoxy) is 5. The molecular weight excluding hydrogens is 918 g/mol. The molecule has 0 bridgehead atoms. The molecule has 0 spiro atoms. The Morgan fingerprint density at radius 1 is 0.803 bits per heavy atom. The number of methoxy groups -OCH3 is 2. The molecule has 1 N–H and O–H groups in total. The number of carbonyl (C=O) groups is 1. The summed E-state index contributed by atoms with van der Waals surface area (Å²) in [5.74, 6) is 1.50. The fourth-order valence-electron chi connectivity index (χ4n) is 9.71. The van der Waals surface area contributed by atoms with Crippen LogP contribution in [0.2, 0.25) is 0 Å². The zero-order valence-corrected chi connectivity index (χ0v) is 41.6. The van der Waals surface area contributed by atoms with Gasteiger partial charge in [0.2, 0.25) is 0 Å². The standard InChI is InChI=1S/C55H58N7O8P/c1-36(2)62(37(3)4)71(68-30-14-29-56)70-48-31-50(69-49(48)33-67-55(38-15-8-7-9-16-38,39-21-25-41(64-5)26-22-39)40-23-27-42(65-6)28-24-40)61-35-59-51-52(57-34-58-53(51)61)60-54(63)66-32-47-45-19-12-10-17-43(45)44-18-11-13-20-46(44)47/h7-13,15-28,34-37,47-50H,14,30-33H2,1-6H3,(H,57,58,60,63). The molecule has 16 heteroatoms. The van der Waals surface area contributed by atoms with E-state index in [2.05, 4.69) is 90.1 Å². The third-order valence-corrected chi connectivity index (χ3v) is 15.1. The Labute approximate surface area is 415 Å². The normalized spacial score (nSPS) is 17.0. The second-order valence-electron chi connectivity index (χ2n) is 17.9. The van der Waals surface area contributed by atoms with Gasteiger partial charge in [-0.3, -0.25) is 9.88 Å². The maximum absolute atomic E-state index is 13.5. The lowest BCUT2D eigenvalue weighted by molar-refractivity contribution is -0.0912. The Morgan fingerprint density at radius 3 is 1.99 bits per heavy atom. The van der Waals surface area contributed by atoms with Crippen LogP contribution in [0.5, 0.6) is 11.5 Å². The van der Waals surface area contributed by atoms with Gasteiger partial charge in [-0.05, 0) is 90.9 Å². The number of benzene rings is 5. The Bertz CT molecular complexity index is 2850. The van der Waals surface area contributed by atoms with Crippen LogP contribution in [0.15, 0.2) is 140 Å². The minimum absolute atomic E-state index is 0.0589. The van der Waals surface area contributed by atoms with Gasteiger partial charge in [0.25, 0.3) is 8.53 Å². The topological polar surface area (TPSA) is 164 Å². The molecular formula is C55H58N7O8P. The average molecular weight is 976 g/mol. The van der Waals surface area contributed by atoms with Crippen LogP contribution in [0.1, 0.15) is 80.5 Å². The maximum atomic E-state index is 13.5. The van der Waals surface area contributed by atoms with E-state index in [0.29, 0.717) is 29.1 Å². The second kappa shape index (κ2) is 22.1. The molecule has 4 atom stereocenters. The molecule has 7 aromatic rings. The van der Waals surface area contributed by atoms with E-state index >= 15 is 0 Å². The van der Waals surface area contributed by atoms with Gasteiger partial charge in [-0.2, -0.15) is 5.26 Å². The molecule has 3 heterocycles. The fraction of sp³-hybridized carbons (Fsp3) is 0.327. The number of hydrogen-bond donors (Lipinski definition) is 1. The lowest BCUT2D eigenvalue weighted by atomic mass is 9.80. The molecule has 15 nitrogen and oxygen atoms in total. The van der Waals surface area contributed by atoms with E-state index in [9.17, 15) is 10.1 Å². The third kappa shape index (κ3) is 10.2. The highest BCUT2D eigenvalue weighted by Crippen LogP contribution is 2.51. The molecule has 2 aliphatic rings. The van der Waals surface area contributed by atoms with Gasteiger partial charge in [-0.1, -0.05) is 103 Å². The van der Waals surface area contributed by atoms with Crippen molar-refractivity contribution in [1.29, 1.82) is 5.26 Å². The Balaban J connectivity index is 1.03. The largest absolute Gasteiger partial charge is 0.497 e. The number of aromatic nitrogens is 4. The SMILES string of the molecule is COc1ccc(C(OCC2OC(n3cnc4c(NC(=O)OCC5c6ccccc6-c6ccccc65)ncnc43)CC2OP(OCCC#N)N(C(C)C)C(C)C)(c2ccccc2)c2ccc(OC)cc2)cc1. The van der Waals surface area contributed by atoms with Gasteiger partial charge < -0.3 is 32.7 Å². The van der Waals surface area contributed by atoms with Crippen LogP contribution in [0.3, 0.4) is 0 Å². The van der Waals surface area contributed by atoms with Gasteiger partial charge in [-0.15, -0.1) is 0 Å². The van der Waals surface area contributed by atoms with Crippen molar-refractivity contribution in [3.05, 3.63) is 168 Å². The van der Waals surface area contributed by atoms with Gasteiger partial charge >= 0.3 is 6.09 Å². The van der Waals surface area contributed by atoms with Crippen molar-refractivity contribution in [3.63, 3.8) is 0 Å². The summed E-state index contributed by atoms with van der Waals surface area (Å²) in [7, 11) is 1.60. The molecule has 1 fully saturated rings. The summed E-state index contributed by atoms with van der Waals surface area (Å²) in [5.41, 5.74) is 6.78. The Hall–Kier alpha value is -6.76. The van der Waals surface area contributed by atoms with Crippen LogP contribution in [0, 0.1) is 11.3 Å². The molecule has 4 unspecified atom stereocenters. The zero-order valence-electron chi connectivity index (χ0n) is 40.7. The minimum atomic E-state index is -1.69. The van der Waals surface area contributed by atoms with Crippen molar-refractivity contribution >= 4 is 31.6 Å². The highest BCUT2D eigenvalue weighted by molar-refractivity contribution is 7.44. The van der Waals surface area contributed by atoms with Crippen LogP contribution in [-0.2, 0) is 28.9 Å². The second-order valence-corrected chi connectivity index (χ2v) is 19.3.